The van der Waals surface area contributed by atoms with E-state index in [4.69, 9.17) is 23.2 Å². The Morgan fingerprint density at radius 3 is 2.56 bits per heavy atom. The van der Waals surface area contributed by atoms with Crippen molar-refractivity contribution in [1.82, 2.24) is 9.38 Å². The first kappa shape index (κ1) is 13.6. The first-order valence-corrected chi connectivity index (χ1v) is 5.89. The third-order valence-electron chi connectivity index (χ3n) is 2.58. The molecule has 0 aliphatic heterocycles. The number of imidazole rings is 1. The van der Waals surface area contributed by atoms with Crippen molar-refractivity contribution in [2.75, 3.05) is 0 Å². The molecule has 0 atom stereocenters. The Labute approximate surface area is 132 Å². The van der Waals surface area contributed by atoms with Crippen LogP contribution in [-0.2, 0) is 0 Å². The molecule has 0 N–H and O–H groups in total. The van der Waals surface area contributed by atoms with Crippen molar-refractivity contribution >= 4 is 28.8 Å². The summed E-state index contributed by atoms with van der Waals surface area (Å²) in [6.45, 7) is 0. The molecule has 0 radical (unpaired) electrons. The number of nitrogens with zero attached hydrogens (tertiary/aromatic N) is 2. The summed E-state index contributed by atoms with van der Waals surface area (Å²) in [5, 5.41) is 1.10. The van der Waals surface area contributed by atoms with Crippen molar-refractivity contribution in [3.8, 4) is 11.3 Å². The average molecular weight is 390 g/mol. The van der Waals surface area contributed by atoms with Crippen molar-refractivity contribution in [2.24, 2.45) is 0 Å². The molecule has 2 heterocycles. The van der Waals surface area contributed by atoms with Crippen LogP contribution in [0.5, 0.6) is 0 Å². The summed E-state index contributed by atoms with van der Waals surface area (Å²) >= 11 is 11.9. The number of benzene rings is 1. The molecule has 92 valence electrons. The van der Waals surface area contributed by atoms with E-state index in [1.165, 1.54) is 0 Å². The Hall–Kier alpha value is -0.780. The Balaban J connectivity index is 0.00000120. The summed E-state index contributed by atoms with van der Waals surface area (Å²) in [6.07, 6.45) is 3.93. The molecule has 18 heavy (non-hydrogen) atoms. The SMILES string of the molecule is Clc1ccc(-c2cn3ccccc3n2)cc1Cl.[I-]. The number of halogens is 3. The van der Waals surface area contributed by atoms with Crippen LogP contribution in [0.25, 0.3) is 16.9 Å². The molecule has 0 bridgehead atoms. The first-order chi connectivity index (χ1) is 8.24. The Morgan fingerprint density at radius 2 is 1.83 bits per heavy atom. The minimum absolute atomic E-state index is 0. The second-order valence-electron chi connectivity index (χ2n) is 3.72. The highest BCUT2D eigenvalue weighted by Gasteiger charge is 2.06. The third kappa shape index (κ3) is 2.48. The van der Waals surface area contributed by atoms with Crippen molar-refractivity contribution in [1.29, 1.82) is 0 Å². The largest absolute Gasteiger partial charge is 1.00 e. The molecule has 0 amide bonds. The second kappa shape index (κ2) is 5.47. The van der Waals surface area contributed by atoms with Crippen LogP contribution in [-0.4, -0.2) is 9.38 Å². The van der Waals surface area contributed by atoms with Gasteiger partial charge < -0.3 is 28.4 Å². The van der Waals surface area contributed by atoms with Crippen LogP contribution in [0.2, 0.25) is 10.0 Å². The normalized spacial score (nSPS) is 10.3. The Morgan fingerprint density at radius 1 is 1.00 bits per heavy atom. The molecule has 0 fully saturated rings. The van der Waals surface area contributed by atoms with E-state index in [0.29, 0.717) is 10.0 Å². The summed E-state index contributed by atoms with van der Waals surface area (Å²) < 4.78 is 1.97. The fourth-order valence-electron chi connectivity index (χ4n) is 1.73. The summed E-state index contributed by atoms with van der Waals surface area (Å²) in [5.41, 5.74) is 2.76. The zero-order valence-electron chi connectivity index (χ0n) is 9.15. The molecule has 0 saturated carbocycles. The molecule has 2 aromatic heterocycles. The van der Waals surface area contributed by atoms with Gasteiger partial charge >= 0.3 is 0 Å². The third-order valence-corrected chi connectivity index (χ3v) is 3.32. The molecule has 0 aliphatic carbocycles. The molecule has 0 aliphatic rings. The number of pyridine rings is 1. The number of rotatable bonds is 1. The quantitative estimate of drug-likeness (QED) is 0.574. The molecule has 2 nitrogen and oxygen atoms in total. The molecule has 3 aromatic rings. The van der Waals surface area contributed by atoms with Crippen LogP contribution in [0.15, 0.2) is 48.8 Å². The van der Waals surface area contributed by atoms with E-state index in [1.54, 1.807) is 6.07 Å². The van der Waals surface area contributed by atoms with Crippen LogP contribution in [0.3, 0.4) is 0 Å². The topological polar surface area (TPSA) is 17.3 Å². The standard InChI is InChI=1S/C13H8Cl2N2.HI/c14-10-5-4-9(7-11(10)15)12-8-17-6-2-1-3-13(17)16-12;/h1-8H;1H/p-1. The highest BCUT2D eigenvalue weighted by Crippen LogP contribution is 2.28. The van der Waals surface area contributed by atoms with Gasteiger partial charge in [0.05, 0.1) is 15.7 Å². The van der Waals surface area contributed by atoms with Crippen molar-refractivity contribution in [3.63, 3.8) is 0 Å². The Kier molecular flexibility index (Phi) is 4.14. The van der Waals surface area contributed by atoms with Crippen molar-refractivity contribution in [2.45, 2.75) is 0 Å². The van der Waals surface area contributed by atoms with E-state index in [2.05, 4.69) is 4.98 Å². The van der Waals surface area contributed by atoms with Gasteiger partial charge in [0.1, 0.15) is 5.65 Å². The zero-order valence-corrected chi connectivity index (χ0v) is 12.8. The summed E-state index contributed by atoms with van der Waals surface area (Å²) in [5.74, 6) is 0. The zero-order chi connectivity index (χ0) is 11.8. The molecule has 3 rings (SSSR count). The van der Waals surface area contributed by atoms with Gasteiger partial charge in [-0.2, -0.15) is 0 Å². The van der Waals surface area contributed by atoms with Crippen LogP contribution < -0.4 is 24.0 Å². The van der Waals surface area contributed by atoms with E-state index in [9.17, 15) is 0 Å². The van der Waals surface area contributed by atoms with E-state index in [-0.39, 0.29) is 24.0 Å². The minimum Gasteiger partial charge on any atom is -1.00 e. The van der Waals surface area contributed by atoms with E-state index < -0.39 is 0 Å². The van der Waals surface area contributed by atoms with E-state index in [0.717, 1.165) is 16.9 Å². The molecule has 0 unspecified atom stereocenters. The van der Waals surface area contributed by atoms with Gasteiger partial charge in [0, 0.05) is 18.0 Å². The smallest absolute Gasteiger partial charge is 0.137 e. The van der Waals surface area contributed by atoms with E-state index >= 15 is 0 Å². The molecule has 0 spiro atoms. The maximum absolute atomic E-state index is 6.00. The van der Waals surface area contributed by atoms with Gasteiger partial charge in [0.2, 0.25) is 0 Å². The van der Waals surface area contributed by atoms with Crippen LogP contribution in [0.4, 0.5) is 0 Å². The highest BCUT2D eigenvalue weighted by molar-refractivity contribution is 6.42. The molecule has 1 aromatic carbocycles. The lowest BCUT2D eigenvalue weighted by molar-refractivity contribution is -0.00000324. The summed E-state index contributed by atoms with van der Waals surface area (Å²) in [6, 6.07) is 11.4. The number of hydrogen-bond acceptors (Lipinski definition) is 1. The van der Waals surface area contributed by atoms with Gasteiger partial charge in [-0.05, 0) is 24.3 Å². The lowest BCUT2D eigenvalue weighted by Gasteiger charge is -1.98. The Bertz CT molecular complexity index is 661. The van der Waals surface area contributed by atoms with Gasteiger partial charge in [0.15, 0.2) is 0 Å². The highest BCUT2D eigenvalue weighted by atomic mass is 127. The number of fused-ring (bicyclic) bond motifs is 1. The van der Waals surface area contributed by atoms with Crippen LogP contribution in [0.1, 0.15) is 0 Å². The van der Waals surface area contributed by atoms with Crippen LogP contribution >= 0.6 is 23.2 Å². The van der Waals surface area contributed by atoms with Crippen molar-refractivity contribution in [3.05, 3.63) is 58.8 Å². The minimum atomic E-state index is 0. The summed E-state index contributed by atoms with van der Waals surface area (Å²) in [4.78, 5) is 4.51. The fraction of sp³-hybridized carbons (Fsp3) is 0. The average Bonchev–Trinajstić information content (AvgIpc) is 2.76. The van der Waals surface area contributed by atoms with Gasteiger partial charge in [-0.15, -0.1) is 0 Å². The molecular weight excluding hydrogens is 382 g/mol. The molecule has 0 saturated heterocycles. The fourth-order valence-corrected chi connectivity index (χ4v) is 2.03. The predicted octanol–water partition coefficient (Wildman–Crippen LogP) is 1.31. The van der Waals surface area contributed by atoms with Crippen molar-refractivity contribution < 1.29 is 24.0 Å². The second-order valence-corrected chi connectivity index (χ2v) is 4.54. The van der Waals surface area contributed by atoms with E-state index in [1.807, 2.05) is 47.1 Å². The van der Waals surface area contributed by atoms with Crippen LogP contribution in [0, 0.1) is 0 Å². The maximum atomic E-state index is 6.00. The number of hydrogen-bond donors (Lipinski definition) is 0. The lowest BCUT2D eigenvalue weighted by Crippen LogP contribution is -3.00. The van der Waals surface area contributed by atoms with Gasteiger partial charge in [-0.1, -0.05) is 35.3 Å². The maximum Gasteiger partial charge on any atom is 0.137 e. The first-order valence-electron chi connectivity index (χ1n) is 5.13. The number of aromatic nitrogens is 2. The van der Waals surface area contributed by atoms with Gasteiger partial charge in [-0.3, -0.25) is 0 Å². The van der Waals surface area contributed by atoms with Gasteiger partial charge in [0.25, 0.3) is 0 Å². The monoisotopic (exact) mass is 389 g/mol. The van der Waals surface area contributed by atoms with Gasteiger partial charge in [-0.25, -0.2) is 4.98 Å². The molecule has 5 heteroatoms. The lowest BCUT2D eigenvalue weighted by atomic mass is 10.2. The molecular formula is C13H8Cl2IN2-. The summed E-state index contributed by atoms with van der Waals surface area (Å²) in [7, 11) is 0. The predicted molar refractivity (Wildman–Crippen MR) is 70.6 cm³/mol.